The highest BCUT2D eigenvalue weighted by atomic mass is 16.5. The number of carbonyl (C=O) groups is 1. The standard InChI is InChI=1S/C20H28N4O3/c1-16-13-18(22-27-16)14-23-9-11-24(12-10-23)15-20(25)21-8-7-17-3-5-19(26-2)6-4-17/h3-6,13H,7-12,14-15H2,1-2H3,(H,21,25). The quantitative estimate of drug-likeness (QED) is 0.757. The van der Waals surface area contributed by atoms with Gasteiger partial charge in [0.1, 0.15) is 11.5 Å². The zero-order valence-corrected chi connectivity index (χ0v) is 16.1. The van der Waals surface area contributed by atoms with Crippen molar-refractivity contribution in [1.82, 2.24) is 20.3 Å². The van der Waals surface area contributed by atoms with Gasteiger partial charge < -0.3 is 14.6 Å². The van der Waals surface area contributed by atoms with Crippen molar-refractivity contribution in [2.75, 3.05) is 46.4 Å². The molecule has 27 heavy (non-hydrogen) atoms. The van der Waals surface area contributed by atoms with Gasteiger partial charge in [0.25, 0.3) is 0 Å². The van der Waals surface area contributed by atoms with Crippen LogP contribution in [0, 0.1) is 6.92 Å². The van der Waals surface area contributed by atoms with Crippen LogP contribution >= 0.6 is 0 Å². The molecule has 0 radical (unpaired) electrons. The first-order chi connectivity index (χ1) is 13.1. The molecule has 2 aromatic rings. The van der Waals surface area contributed by atoms with Crippen LogP contribution in [-0.2, 0) is 17.8 Å². The van der Waals surface area contributed by atoms with Crippen LogP contribution < -0.4 is 10.1 Å². The van der Waals surface area contributed by atoms with E-state index in [9.17, 15) is 4.79 Å². The summed E-state index contributed by atoms with van der Waals surface area (Å²) >= 11 is 0. The summed E-state index contributed by atoms with van der Waals surface area (Å²) in [5.74, 6) is 1.78. The summed E-state index contributed by atoms with van der Waals surface area (Å²) in [7, 11) is 1.66. The van der Waals surface area contributed by atoms with E-state index in [2.05, 4.69) is 20.3 Å². The largest absolute Gasteiger partial charge is 0.497 e. The van der Waals surface area contributed by atoms with Crippen molar-refractivity contribution in [3.05, 3.63) is 47.3 Å². The van der Waals surface area contributed by atoms with Gasteiger partial charge in [-0.25, -0.2) is 0 Å². The van der Waals surface area contributed by atoms with E-state index in [4.69, 9.17) is 9.26 Å². The maximum atomic E-state index is 12.2. The number of amides is 1. The van der Waals surface area contributed by atoms with Crippen LogP contribution in [-0.4, -0.2) is 67.2 Å². The molecule has 1 fully saturated rings. The number of hydrogen-bond acceptors (Lipinski definition) is 6. The van der Waals surface area contributed by atoms with Crippen molar-refractivity contribution >= 4 is 5.91 Å². The number of methoxy groups -OCH3 is 1. The minimum atomic E-state index is 0.0871. The fraction of sp³-hybridized carbons (Fsp3) is 0.500. The Morgan fingerprint density at radius 1 is 1.19 bits per heavy atom. The molecule has 1 amide bonds. The lowest BCUT2D eigenvalue weighted by Crippen LogP contribution is -2.49. The first-order valence-electron chi connectivity index (χ1n) is 9.39. The van der Waals surface area contributed by atoms with E-state index in [-0.39, 0.29) is 5.91 Å². The maximum Gasteiger partial charge on any atom is 0.234 e. The summed E-state index contributed by atoms with van der Waals surface area (Å²) < 4.78 is 10.3. The van der Waals surface area contributed by atoms with E-state index in [1.54, 1.807) is 7.11 Å². The molecule has 1 aromatic heterocycles. The summed E-state index contributed by atoms with van der Waals surface area (Å²) in [4.78, 5) is 16.7. The molecular formula is C20H28N4O3. The molecule has 1 N–H and O–H groups in total. The summed E-state index contributed by atoms with van der Waals surface area (Å²) in [6.07, 6.45) is 0.820. The van der Waals surface area contributed by atoms with Crippen molar-refractivity contribution in [3.63, 3.8) is 0 Å². The molecule has 3 rings (SSSR count). The molecule has 7 nitrogen and oxygen atoms in total. The number of piperazine rings is 1. The zero-order chi connectivity index (χ0) is 19.1. The Labute approximate surface area is 160 Å². The summed E-state index contributed by atoms with van der Waals surface area (Å²) in [5.41, 5.74) is 2.16. The Kier molecular flexibility index (Phi) is 6.84. The third-order valence-electron chi connectivity index (χ3n) is 4.79. The highest BCUT2D eigenvalue weighted by Gasteiger charge is 2.19. The Hall–Kier alpha value is -2.38. The third-order valence-corrected chi connectivity index (χ3v) is 4.79. The summed E-state index contributed by atoms with van der Waals surface area (Å²) in [5, 5.41) is 7.06. The van der Waals surface area contributed by atoms with E-state index >= 15 is 0 Å². The average Bonchev–Trinajstić information content (AvgIpc) is 3.08. The monoisotopic (exact) mass is 372 g/mol. The van der Waals surface area contributed by atoms with Crippen molar-refractivity contribution in [1.29, 1.82) is 0 Å². The van der Waals surface area contributed by atoms with Crippen molar-refractivity contribution in [2.24, 2.45) is 0 Å². The van der Waals surface area contributed by atoms with Crippen LogP contribution in [0.5, 0.6) is 5.75 Å². The molecule has 1 aliphatic heterocycles. The highest BCUT2D eigenvalue weighted by Crippen LogP contribution is 2.11. The van der Waals surface area contributed by atoms with E-state index in [1.807, 2.05) is 37.3 Å². The molecular weight excluding hydrogens is 344 g/mol. The number of ether oxygens (including phenoxy) is 1. The first-order valence-corrected chi connectivity index (χ1v) is 9.39. The zero-order valence-electron chi connectivity index (χ0n) is 16.1. The van der Waals surface area contributed by atoms with Crippen LogP contribution in [0.1, 0.15) is 17.0 Å². The molecule has 1 saturated heterocycles. The van der Waals surface area contributed by atoms with Crippen LogP contribution in [0.3, 0.4) is 0 Å². The number of aromatic nitrogens is 1. The number of rotatable bonds is 8. The van der Waals surface area contributed by atoms with Gasteiger partial charge in [-0.3, -0.25) is 14.6 Å². The molecule has 0 saturated carbocycles. The third kappa shape index (κ3) is 6.08. The topological polar surface area (TPSA) is 70.8 Å². The number of benzene rings is 1. The first kappa shape index (κ1) is 19.4. The molecule has 146 valence electrons. The smallest absolute Gasteiger partial charge is 0.234 e. The van der Waals surface area contributed by atoms with Crippen LogP contribution in [0.25, 0.3) is 0 Å². The van der Waals surface area contributed by atoms with Gasteiger partial charge in [0, 0.05) is 45.3 Å². The molecule has 1 aliphatic rings. The minimum absolute atomic E-state index is 0.0871. The minimum Gasteiger partial charge on any atom is -0.497 e. The lowest BCUT2D eigenvalue weighted by Gasteiger charge is -2.33. The van der Waals surface area contributed by atoms with Gasteiger partial charge >= 0.3 is 0 Å². The van der Waals surface area contributed by atoms with Gasteiger partial charge in [-0.2, -0.15) is 0 Å². The van der Waals surface area contributed by atoms with E-state index < -0.39 is 0 Å². The second kappa shape index (κ2) is 9.53. The fourth-order valence-electron chi connectivity index (χ4n) is 3.22. The van der Waals surface area contributed by atoms with Crippen molar-refractivity contribution in [3.8, 4) is 5.75 Å². The molecule has 1 aromatic carbocycles. The summed E-state index contributed by atoms with van der Waals surface area (Å²) in [6, 6.07) is 9.91. The number of carbonyl (C=O) groups excluding carboxylic acids is 1. The number of hydrogen-bond donors (Lipinski definition) is 1. The van der Waals surface area contributed by atoms with E-state index in [0.717, 1.165) is 56.3 Å². The average molecular weight is 372 g/mol. The molecule has 0 bridgehead atoms. The Morgan fingerprint density at radius 2 is 1.89 bits per heavy atom. The van der Waals surface area contributed by atoms with Gasteiger partial charge in [-0.15, -0.1) is 0 Å². The SMILES string of the molecule is COc1ccc(CCNC(=O)CN2CCN(Cc3cc(C)on3)CC2)cc1. The second-order valence-electron chi connectivity index (χ2n) is 6.93. The maximum absolute atomic E-state index is 12.2. The van der Waals surface area contributed by atoms with Gasteiger partial charge in [-0.1, -0.05) is 17.3 Å². The van der Waals surface area contributed by atoms with Crippen LogP contribution in [0.15, 0.2) is 34.9 Å². The fourth-order valence-corrected chi connectivity index (χ4v) is 3.22. The Bertz CT molecular complexity index is 721. The number of aryl methyl sites for hydroxylation is 1. The lowest BCUT2D eigenvalue weighted by atomic mass is 10.1. The number of nitrogens with zero attached hydrogens (tertiary/aromatic N) is 3. The van der Waals surface area contributed by atoms with Gasteiger partial charge in [0.2, 0.25) is 5.91 Å². The summed E-state index contributed by atoms with van der Waals surface area (Å²) in [6.45, 7) is 7.47. The van der Waals surface area contributed by atoms with E-state index in [1.165, 1.54) is 5.56 Å². The van der Waals surface area contributed by atoms with Gasteiger partial charge in [0.05, 0.1) is 19.3 Å². The predicted octanol–water partition coefficient (Wildman–Crippen LogP) is 1.47. The molecule has 0 unspecified atom stereocenters. The molecule has 0 aliphatic carbocycles. The van der Waals surface area contributed by atoms with Crippen LogP contribution in [0.4, 0.5) is 0 Å². The highest BCUT2D eigenvalue weighted by molar-refractivity contribution is 5.78. The number of nitrogens with one attached hydrogen (secondary N) is 1. The second-order valence-corrected chi connectivity index (χ2v) is 6.93. The normalized spacial score (nSPS) is 15.6. The lowest BCUT2D eigenvalue weighted by molar-refractivity contribution is -0.122. The van der Waals surface area contributed by atoms with E-state index in [0.29, 0.717) is 13.1 Å². The predicted molar refractivity (Wildman–Crippen MR) is 103 cm³/mol. The molecule has 0 atom stereocenters. The van der Waals surface area contributed by atoms with Crippen molar-refractivity contribution in [2.45, 2.75) is 19.9 Å². The Morgan fingerprint density at radius 3 is 2.52 bits per heavy atom. The van der Waals surface area contributed by atoms with Crippen molar-refractivity contribution < 1.29 is 14.1 Å². The Balaban J connectivity index is 1.31. The van der Waals surface area contributed by atoms with Gasteiger partial charge in [0.15, 0.2) is 0 Å². The van der Waals surface area contributed by atoms with Gasteiger partial charge in [-0.05, 0) is 31.0 Å². The molecule has 7 heteroatoms. The molecule has 2 heterocycles. The van der Waals surface area contributed by atoms with Crippen LogP contribution in [0.2, 0.25) is 0 Å². The molecule has 0 spiro atoms.